The van der Waals surface area contributed by atoms with E-state index in [-0.39, 0.29) is 34.8 Å². The highest BCUT2D eigenvalue weighted by Gasteiger charge is 2.33. The summed E-state index contributed by atoms with van der Waals surface area (Å²) < 4.78 is 22.9. The van der Waals surface area contributed by atoms with E-state index >= 15 is 0 Å². The summed E-state index contributed by atoms with van der Waals surface area (Å²) in [6, 6.07) is 4.49. The molecular weight excluding hydrogens is 266 g/mol. The Morgan fingerprint density at radius 2 is 2.11 bits per heavy atom. The zero-order chi connectivity index (χ0) is 14.2. The van der Waals surface area contributed by atoms with E-state index in [4.69, 9.17) is 0 Å². The molecule has 5 nitrogen and oxygen atoms in total. The molecule has 2 rings (SSSR count). The summed E-state index contributed by atoms with van der Waals surface area (Å²) in [5.41, 5.74) is 1.08. The number of carbonyl (C=O) groups is 1. The molecule has 1 aromatic carbocycles. The number of aromatic hydroxyl groups is 1. The summed E-state index contributed by atoms with van der Waals surface area (Å²) in [6.45, 7) is 1.83. The van der Waals surface area contributed by atoms with Gasteiger partial charge in [0.15, 0.2) is 9.84 Å². The Bertz CT molecular complexity index is 609. The average molecular weight is 283 g/mol. The number of nitrogens with zero attached hydrogens (tertiary/aromatic N) is 1. The highest BCUT2D eigenvalue weighted by Crippen LogP contribution is 2.23. The standard InChI is InChI=1S/C13H17NO4S/c1-9-3-4-12(15)11(7-9)13(16)14(2)10-5-6-19(17,18)8-10/h3-4,7,10,15H,5-6,8H2,1-2H3. The van der Waals surface area contributed by atoms with Crippen LogP contribution in [0.15, 0.2) is 18.2 Å². The van der Waals surface area contributed by atoms with Crippen molar-refractivity contribution in [3.05, 3.63) is 29.3 Å². The molecule has 0 aromatic heterocycles. The summed E-state index contributed by atoms with van der Waals surface area (Å²) >= 11 is 0. The van der Waals surface area contributed by atoms with Crippen molar-refractivity contribution in [1.82, 2.24) is 4.90 Å². The van der Waals surface area contributed by atoms with Gasteiger partial charge in [0.2, 0.25) is 0 Å². The Kier molecular flexibility index (Phi) is 3.54. The van der Waals surface area contributed by atoms with Crippen LogP contribution in [0.3, 0.4) is 0 Å². The van der Waals surface area contributed by atoms with Crippen LogP contribution in [-0.4, -0.2) is 48.9 Å². The highest BCUT2D eigenvalue weighted by molar-refractivity contribution is 7.91. The molecule has 19 heavy (non-hydrogen) atoms. The van der Waals surface area contributed by atoms with Crippen molar-refractivity contribution >= 4 is 15.7 Å². The van der Waals surface area contributed by atoms with Gasteiger partial charge in [0.1, 0.15) is 5.75 Å². The number of phenols is 1. The van der Waals surface area contributed by atoms with Crippen LogP contribution in [-0.2, 0) is 9.84 Å². The SMILES string of the molecule is Cc1ccc(O)c(C(=O)N(C)C2CCS(=O)(=O)C2)c1. The van der Waals surface area contributed by atoms with Gasteiger partial charge < -0.3 is 10.0 Å². The molecule has 0 saturated carbocycles. The fourth-order valence-electron chi connectivity index (χ4n) is 2.26. The van der Waals surface area contributed by atoms with Gasteiger partial charge in [0.25, 0.3) is 5.91 Å². The fourth-order valence-corrected chi connectivity index (χ4v) is 4.03. The minimum absolute atomic E-state index is 0.00180. The Morgan fingerprint density at radius 3 is 2.68 bits per heavy atom. The molecule has 1 amide bonds. The Hall–Kier alpha value is -1.56. The van der Waals surface area contributed by atoms with Crippen molar-refractivity contribution in [2.24, 2.45) is 0 Å². The van der Waals surface area contributed by atoms with Crippen LogP contribution in [0.4, 0.5) is 0 Å². The topological polar surface area (TPSA) is 74.7 Å². The third-order valence-electron chi connectivity index (χ3n) is 3.46. The summed E-state index contributed by atoms with van der Waals surface area (Å²) in [5.74, 6) is -0.303. The van der Waals surface area contributed by atoms with Gasteiger partial charge in [-0.15, -0.1) is 0 Å². The number of phenolic OH excluding ortho intramolecular Hbond substituents is 1. The van der Waals surface area contributed by atoms with Crippen molar-refractivity contribution in [2.45, 2.75) is 19.4 Å². The highest BCUT2D eigenvalue weighted by atomic mass is 32.2. The van der Waals surface area contributed by atoms with Crippen molar-refractivity contribution in [3.8, 4) is 5.75 Å². The first kappa shape index (κ1) is 13.9. The summed E-state index contributed by atoms with van der Waals surface area (Å²) in [5, 5.41) is 9.73. The van der Waals surface area contributed by atoms with E-state index in [2.05, 4.69) is 0 Å². The zero-order valence-corrected chi connectivity index (χ0v) is 11.8. The number of aryl methyl sites for hydroxylation is 1. The molecule has 1 unspecified atom stereocenters. The lowest BCUT2D eigenvalue weighted by Crippen LogP contribution is -2.37. The molecule has 1 atom stereocenters. The second-order valence-corrected chi connectivity index (χ2v) is 7.22. The number of carbonyl (C=O) groups excluding carboxylic acids is 1. The monoisotopic (exact) mass is 283 g/mol. The summed E-state index contributed by atoms with van der Waals surface area (Å²) in [7, 11) is -1.45. The van der Waals surface area contributed by atoms with E-state index in [0.717, 1.165) is 5.56 Å². The first-order chi connectivity index (χ1) is 8.80. The van der Waals surface area contributed by atoms with Gasteiger partial charge in [0, 0.05) is 13.1 Å². The van der Waals surface area contributed by atoms with E-state index < -0.39 is 9.84 Å². The first-order valence-electron chi connectivity index (χ1n) is 6.07. The van der Waals surface area contributed by atoms with Gasteiger partial charge in [-0.25, -0.2) is 8.42 Å². The van der Waals surface area contributed by atoms with Crippen LogP contribution in [0.5, 0.6) is 5.75 Å². The van der Waals surface area contributed by atoms with Crippen molar-refractivity contribution in [3.63, 3.8) is 0 Å². The van der Waals surface area contributed by atoms with Crippen LogP contribution < -0.4 is 0 Å². The minimum atomic E-state index is -3.03. The van der Waals surface area contributed by atoms with Crippen LogP contribution >= 0.6 is 0 Å². The number of hydrogen-bond acceptors (Lipinski definition) is 4. The molecule has 1 aliphatic heterocycles. The van der Waals surface area contributed by atoms with Crippen molar-refractivity contribution in [2.75, 3.05) is 18.6 Å². The van der Waals surface area contributed by atoms with Gasteiger partial charge in [-0.3, -0.25) is 4.79 Å². The molecule has 1 aliphatic rings. The third-order valence-corrected chi connectivity index (χ3v) is 5.21. The lowest BCUT2D eigenvalue weighted by Gasteiger charge is -2.23. The van der Waals surface area contributed by atoms with E-state index in [1.165, 1.54) is 11.0 Å². The summed E-state index contributed by atoms with van der Waals surface area (Å²) in [4.78, 5) is 13.7. The molecule has 0 spiro atoms. The molecule has 1 fully saturated rings. The second-order valence-electron chi connectivity index (χ2n) is 4.99. The van der Waals surface area contributed by atoms with Crippen LogP contribution in [0.1, 0.15) is 22.3 Å². The minimum Gasteiger partial charge on any atom is -0.507 e. The number of hydrogen-bond donors (Lipinski definition) is 1. The van der Waals surface area contributed by atoms with Crippen molar-refractivity contribution < 1.29 is 18.3 Å². The summed E-state index contributed by atoms with van der Waals surface area (Å²) in [6.07, 6.45) is 0.456. The molecule has 1 heterocycles. The van der Waals surface area contributed by atoms with Gasteiger partial charge in [-0.05, 0) is 25.5 Å². The molecule has 1 N–H and O–H groups in total. The third kappa shape index (κ3) is 2.89. The fraction of sp³-hybridized carbons (Fsp3) is 0.462. The molecule has 0 bridgehead atoms. The van der Waals surface area contributed by atoms with Crippen molar-refractivity contribution in [1.29, 1.82) is 0 Å². The zero-order valence-electron chi connectivity index (χ0n) is 11.0. The molecule has 1 saturated heterocycles. The molecular formula is C13H17NO4S. The smallest absolute Gasteiger partial charge is 0.257 e. The predicted molar refractivity (Wildman–Crippen MR) is 72.0 cm³/mol. The first-order valence-corrected chi connectivity index (χ1v) is 7.89. The van der Waals surface area contributed by atoms with E-state index in [1.807, 2.05) is 6.92 Å². The van der Waals surface area contributed by atoms with Gasteiger partial charge in [-0.1, -0.05) is 11.6 Å². The average Bonchev–Trinajstić information content (AvgIpc) is 2.71. The van der Waals surface area contributed by atoms with Crippen LogP contribution in [0, 0.1) is 6.92 Å². The largest absolute Gasteiger partial charge is 0.507 e. The lowest BCUT2D eigenvalue weighted by atomic mass is 10.1. The Labute approximate surface area is 112 Å². The van der Waals surface area contributed by atoms with E-state index in [1.54, 1.807) is 19.2 Å². The van der Waals surface area contributed by atoms with Gasteiger partial charge in [0.05, 0.1) is 17.1 Å². The van der Waals surface area contributed by atoms with Gasteiger partial charge in [-0.2, -0.15) is 0 Å². The maximum atomic E-state index is 12.3. The van der Waals surface area contributed by atoms with Gasteiger partial charge >= 0.3 is 0 Å². The molecule has 104 valence electrons. The Balaban J connectivity index is 2.22. The van der Waals surface area contributed by atoms with Crippen LogP contribution in [0.25, 0.3) is 0 Å². The Morgan fingerprint density at radius 1 is 1.42 bits per heavy atom. The second kappa shape index (κ2) is 4.85. The molecule has 6 heteroatoms. The molecule has 1 aromatic rings. The predicted octanol–water partition coefficient (Wildman–Crippen LogP) is 0.960. The lowest BCUT2D eigenvalue weighted by molar-refractivity contribution is 0.0744. The van der Waals surface area contributed by atoms with Crippen LogP contribution in [0.2, 0.25) is 0 Å². The number of sulfone groups is 1. The maximum absolute atomic E-state index is 12.3. The number of amides is 1. The normalized spacial score (nSPS) is 21.3. The number of rotatable bonds is 2. The quantitative estimate of drug-likeness (QED) is 0.877. The molecule has 0 radical (unpaired) electrons. The van der Waals surface area contributed by atoms with E-state index in [9.17, 15) is 18.3 Å². The maximum Gasteiger partial charge on any atom is 0.257 e. The van der Waals surface area contributed by atoms with E-state index in [0.29, 0.717) is 6.42 Å². The number of benzene rings is 1. The molecule has 0 aliphatic carbocycles.